The summed E-state index contributed by atoms with van der Waals surface area (Å²) in [7, 11) is 0. The Morgan fingerprint density at radius 3 is 2.29 bits per heavy atom. The highest BCUT2D eigenvalue weighted by Gasteiger charge is 2.15. The predicted octanol–water partition coefficient (Wildman–Crippen LogP) is 4.63. The predicted molar refractivity (Wildman–Crippen MR) is 110 cm³/mol. The molecule has 0 saturated carbocycles. The summed E-state index contributed by atoms with van der Waals surface area (Å²) in [5.41, 5.74) is 5.42. The van der Waals surface area contributed by atoms with Crippen LogP contribution >= 0.6 is 11.3 Å². The zero-order chi connectivity index (χ0) is 19.2. The normalized spacial score (nSPS) is 11.2. The third kappa shape index (κ3) is 4.91. The standard InChI is InChI=1S/C22H22N4OS/c1-17-20(28-16-23-17)14-26(13-19-10-6-3-7-11-19)15-22-24-21(25-27-22)12-18-8-4-2-5-9-18/h2-11,16H,12-15H2,1H3. The lowest BCUT2D eigenvalue weighted by atomic mass is 10.1. The van der Waals surface area contributed by atoms with Crippen LogP contribution in [0.2, 0.25) is 0 Å². The fraction of sp³-hybridized carbons (Fsp3) is 0.227. The summed E-state index contributed by atoms with van der Waals surface area (Å²) >= 11 is 1.69. The quantitative estimate of drug-likeness (QED) is 0.439. The zero-order valence-electron chi connectivity index (χ0n) is 15.8. The summed E-state index contributed by atoms with van der Waals surface area (Å²) in [5, 5.41) is 4.16. The van der Waals surface area contributed by atoms with Crippen LogP contribution in [0.1, 0.15) is 33.4 Å². The van der Waals surface area contributed by atoms with Crippen LogP contribution in [0.15, 0.2) is 70.7 Å². The number of hydrogen-bond acceptors (Lipinski definition) is 6. The van der Waals surface area contributed by atoms with Crippen LogP contribution in [0.3, 0.4) is 0 Å². The molecule has 0 radical (unpaired) electrons. The maximum absolute atomic E-state index is 5.54. The largest absolute Gasteiger partial charge is 0.338 e. The minimum absolute atomic E-state index is 0.605. The van der Waals surface area contributed by atoms with Gasteiger partial charge in [0.05, 0.1) is 17.7 Å². The summed E-state index contributed by atoms with van der Waals surface area (Å²) in [6.45, 7) is 4.28. The summed E-state index contributed by atoms with van der Waals surface area (Å²) < 4.78 is 5.54. The van der Waals surface area contributed by atoms with Gasteiger partial charge in [-0.15, -0.1) is 11.3 Å². The maximum atomic E-state index is 5.54. The van der Waals surface area contributed by atoms with Gasteiger partial charge in [0.15, 0.2) is 5.82 Å². The lowest BCUT2D eigenvalue weighted by Gasteiger charge is -2.20. The lowest BCUT2D eigenvalue weighted by molar-refractivity contribution is 0.212. The first-order valence-electron chi connectivity index (χ1n) is 9.27. The van der Waals surface area contributed by atoms with Crippen LogP contribution in [0.5, 0.6) is 0 Å². The summed E-state index contributed by atoms with van der Waals surface area (Å²) in [5.74, 6) is 1.36. The topological polar surface area (TPSA) is 55.1 Å². The third-order valence-electron chi connectivity index (χ3n) is 4.54. The van der Waals surface area contributed by atoms with Crippen LogP contribution in [-0.4, -0.2) is 20.0 Å². The molecule has 4 aromatic rings. The van der Waals surface area contributed by atoms with Crippen molar-refractivity contribution < 1.29 is 4.52 Å². The molecule has 2 heterocycles. The molecule has 0 bridgehead atoms. The van der Waals surface area contributed by atoms with Crippen molar-refractivity contribution in [3.8, 4) is 0 Å². The van der Waals surface area contributed by atoms with Crippen molar-refractivity contribution in [3.05, 3.63) is 99.6 Å². The van der Waals surface area contributed by atoms with E-state index in [1.807, 2.05) is 29.8 Å². The van der Waals surface area contributed by atoms with Gasteiger partial charge in [0, 0.05) is 24.4 Å². The number of aromatic nitrogens is 3. The van der Waals surface area contributed by atoms with Gasteiger partial charge in [-0.1, -0.05) is 65.8 Å². The first-order valence-corrected chi connectivity index (χ1v) is 10.1. The molecule has 0 N–H and O–H groups in total. The number of aryl methyl sites for hydroxylation is 1. The molecule has 2 aromatic heterocycles. The Bertz CT molecular complexity index is 998. The van der Waals surface area contributed by atoms with Crippen molar-refractivity contribution in [2.45, 2.75) is 33.0 Å². The van der Waals surface area contributed by atoms with Crippen LogP contribution < -0.4 is 0 Å². The van der Waals surface area contributed by atoms with Crippen LogP contribution in [0.25, 0.3) is 0 Å². The van der Waals surface area contributed by atoms with Crippen molar-refractivity contribution in [1.29, 1.82) is 0 Å². The number of nitrogens with zero attached hydrogens (tertiary/aromatic N) is 4. The van der Waals surface area contributed by atoms with Crippen LogP contribution in [-0.2, 0) is 26.1 Å². The van der Waals surface area contributed by atoms with Crippen molar-refractivity contribution >= 4 is 11.3 Å². The molecule has 2 aromatic carbocycles. The third-order valence-corrected chi connectivity index (χ3v) is 5.46. The Balaban J connectivity index is 1.48. The van der Waals surface area contributed by atoms with Gasteiger partial charge in [-0.3, -0.25) is 4.90 Å². The monoisotopic (exact) mass is 390 g/mol. The minimum atomic E-state index is 0.605. The molecule has 0 saturated heterocycles. The maximum Gasteiger partial charge on any atom is 0.240 e. The van der Waals surface area contributed by atoms with Gasteiger partial charge in [0.2, 0.25) is 5.89 Å². The van der Waals surface area contributed by atoms with Crippen LogP contribution in [0.4, 0.5) is 0 Å². The smallest absolute Gasteiger partial charge is 0.240 e. The first-order chi connectivity index (χ1) is 13.8. The number of benzene rings is 2. The molecule has 0 aliphatic rings. The summed E-state index contributed by atoms with van der Waals surface area (Å²) in [6, 6.07) is 20.6. The number of rotatable bonds is 8. The molecule has 0 atom stereocenters. The molecular formula is C22H22N4OS. The molecule has 0 fully saturated rings. The first kappa shape index (κ1) is 18.5. The van der Waals surface area contributed by atoms with E-state index < -0.39 is 0 Å². The molecule has 0 amide bonds. The minimum Gasteiger partial charge on any atom is -0.338 e. The Morgan fingerprint density at radius 1 is 0.893 bits per heavy atom. The van der Waals surface area contributed by atoms with E-state index in [1.54, 1.807) is 11.3 Å². The Hall–Kier alpha value is -2.83. The zero-order valence-corrected chi connectivity index (χ0v) is 16.6. The Labute approximate surface area is 168 Å². The molecular weight excluding hydrogens is 368 g/mol. The number of hydrogen-bond donors (Lipinski definition) is 0. The molecule has 142 valence electrons. The summed E-state index contributed by atoms with van der Waals surface area (Å²) in [4.78, 5) is 12.6. The van der Waals surface area contributed by atoms with Gasteiger partial charge in [0.25, 0.3) is 0 Å². The van der Waals surface area contributed by atoms with E-state index >= 15 is 0 Å². The summed E-state index contributed by atoms with van der Waals surface area (Å²) in [6.07, 6.45) is 0.678. The van der Waals surface area contributed by atoms with Crippen molar-refractivity contribution in [2.75, 3.05) is 0 Å². The van der Waals surface area contributed by atoms with Gasteiger partial charge in [0.1, 0.15) is 0 Å². The van der Waals surface area contributed by atoms with E-state index in [0.717, 1.165) is 24.6 Å². The van der Waals surface area contributed by atoms with Crippen molar-refractivity contribution in [1.82, 2.24) is 20.0 Å². The molecule has 0 aliphatic carbocycles. The number of thiazole rings is 1. The van der Waals surface area contributed by atoms with Crippen molar-refractivity contribution in [2.24, 2.45) is 0 Å². The molecule has 0 spiro atoms. The molecule has 4 rings (SSSR count). The fourth-order valence-corrected chi connectivity index (χ4v) is 3.90. The average molecular weight is 391 g/mol. The second-order valence-electron chi connectivity index (χ2n) is 6.76. The van der Waals surface area contributed by atoms with Gasteiger partial charge in [-0.25, -0.2) is 4.98 Å². The van der Waals surface area contributed by atoms with E-state index in [1.165, 1.54) is 16.0 Å². The Kier molecular flexibility index (Phi) is 5.89. The molecule has 6 heteroatoms. The highest BCUT2D eigenvalue weighted by atomic mass is 32.1. The van der Waals surface area contributed by atoms with E-state index in [-0.39, 0.29) is 0 Å². The SMILES string of the molecule is Cc1ncsc1CN(Cc1ccccc1)Cc1nc(Cc2ccccc2)no1. The molecule has 0 aliphatic heterocycles. The average Bonchev–Trinajstić information content (AvgIpc) is 3.32. The van der Waals surface area contributed by atoms with E-state index in [9.17, 15) is 0 Å². The van der Waals surface area contributed by atoms with E-state index in [0.29, 0.717) is 18.9 Å². The van der Waals surface area contributed by atoms with Gasteiger partial charge < -0.3 is 4.52 Å². The second kappa shape index (κ2) is 8.91. The van der Waals surface area contributed by atoms with Crippen LogP contribution in [0, 0.1) is 6.92 Å². The van der Waals surface area contributed by atoms with Gasteiger partial charge in [-0.05, 0) is 18.1 Å². The van der Waals surface area contributed by atoms with Gasteiger partial charge in [-0.2, -0.15) is 4.98 Å². The van der Waals surface area contributed by atoms with Crippen molar-refractivity contribution in [3.63, 3.8) is 0 Å². The van der Waals surface area contributed by atoms with E-state index in [4.69, 9.17) is 4.52 Å². The van der Waals surface area contributed by atoms with Gasteiger partial charge >= 0.3 is 0 Å². The Morgan fingerprint density at radius 2 is 1.61 bits per heavy atom. The van der Waals surface area contributed by atoms with E-state index in [2.05, 4.69) is 63.3 Å². The molecule has 28 heavy (non-hydrogen) atoms. The molecule has 5 nitrogen and oxygen atoms in total. The lowest BCUT2D eigenvalue weighted by Crippen LogP contribution is -2.22. The fourth-order valence-electron chi connectivity index (χ4n) is 3.09. The highest BCUT2D eigenvalue weighted by molar-refractivity contribution is 7.09. The second-order valence-corrected chi connectivity index (χ2v) is 7.70. The molecule has 0 unspecified atom stereocenters. The highest BCUT2D eigenvalue weighted by Crippen LogP contribution is 2.19.